The maximum atomic E-state index is 11.7. The largest absolute Gasteiger partial charge is 0.352 e. The number of imidazole rings is 1. The number of aryl methyl sites for hydroxylation is 2. The van der Waals surface area contributed by atoms with E-state index in [1.165, 1.54) is 0 Å². The predicted octanol–water partition coefficient (Wildman–Crippen LogP) is 1.30. The number of nitrogens with zero attached hydrogens (tertiary/aromatic N) is 3. The molecule has 110 valence electrons. The molecule has 1 unspecified atom stereocenters. The van der Waals surface area contributed by atoms with Crippen LogP contribution in [0.25, 0.3) is 0 Å². The average Bonchev–Trinajstić information content (AvgIpc) is 2.76. The van der Waals surface area contributed by atoms with Gasteiger partial charge in [-0.15, -0.1) is 0 Å². The third kappa shape index (κ3) is 3.93. The van der Waals surface area contributed by atoms with Gasteiger partial charge in [0.2, 0.25) is 5.91 Å². The van der Waals surface area contributed by atoms with Crippen molar-refractivity contribution in [1.29, 1.82) is 0 Å². The number of rotatable bonds is 5. The Kier molecular flexibility index (Phi) is 4.95. The van der Waals surface area contributed by atoms with Gasteiger partial charge < -0.3 is 14.8 Å². The normalized spacial score (nSPS) is 18.5. The standard InChI is InChI=1S/C15H24N4O/c1-12-11-19-9-4-6-13(15(19)17-12)10-16-14(20)7-5-8-18(2)3/h5,7,11,13H,4,6,8-10H2,1-3H3,(H,16,20)/b7-5+. The molecule has 1 N–H and O–H groups in total. The van der Waals surface area contributed by atoms with Crippen molar-refractivity contribution in [1.82, 2.24) is 19.8 Å². The first-order valence-electron chi connectivity index (χ1n) is 7.19. The lowest BCUT2D eigenvalue weighted by atomic mass is 9.99. The third-order valence-electron chi connectivity index (χ3n) is 3.51. The number of hydrogen-bond donors (Lipinski definition) is 1. The maximum Gasteiger partial charge on any atom is 0.243 e. The third-order valence-corrected chi connectivity index (χ3v) is 3.51. The lowest BCUT2D eigenvalue weighted by molar-refractivity contribution is -0.116. The number of aromatic nitrogens is 2. The van der Waals surface area contributed by atoms with E-state index in [1.54, 1.807) is 6.08 Å². The second-order valence-corrected chi connectivity index (χ2v) is 5.68. The summed E-state index contributed by atoms with van der Waals surface area (Å²) >= 11 is 0. The molecule has 2 heterocycles. The summed E-state index contributed by atoms with van der Waals surface area (Å²) in [6, 6.07) is 0. The molecule has 0 aromatic carbocycles. The average molecular weight is 276 g/mol. The summed E-state index contributed by atoms with van der Waals surface area (Å²) in [4.78, 5) is 18.3. The van der Waals surface area contributed by atoms with Gasteiger partial charge in [0.1, 0.15) is 5.82 Å². The molecule has 5 nitrogen and oxygen atoms in total. The molecule has 0 saturated carbocycles. The number of carbonyl (C=O) groups excluding carboxylic acids is 1. The predicted molar refractivity (Wildman–Crippen MR) is 79.6 cm³/mol. The van der Waals surface area contributed by atoms with Crippen LogP contribution in [-0.2, 0) is 11.3 Å². The van der Waals surface area contributed by atoms with Gasteiger partial charge in [0.15, 0.2) is 0 Å². The van der Waals surface area contributed by atoms with Gasteiger partial charge in [0, 0.05) is 37.8 Å². The van der Waals surface area contributed by atoms with Crippen molar-refractivity contribution in [2.75, 3.05) is 27.2 Å². The number of nitrogens with one attached hydrogen (secondary N) is 1. The van der Waals surface area contributed by atoms with Gasteiger partial charge in [-0.2, -0.15) is 0 Å². The summed E-state index contributed by atoms with van der Waals surface area (Å²) in [5.74, 6) is 1.43. The molecule has 1 aliphatic rings. The molecule has 0 spiro atoms. The Balaban J connectivity index is 1.86. The van der Waals surface area contributed by atoms with Crippen LogP contribution in [-0.4, -0.2) is 47.5 Å². The van der Waals surface area contributed by atoms with E-state index in [-0.39, 0.29) is 5.91 Å². The molecular weight excluding hydrogens is 252 g/mol. The van der Waals surface area contributed by atoms with Crippen LogP contribution in [0.3, 0.4) is 0 Å². The Morgan fingerprint density at radius 2 is 2.40 bits per heavy atom. The Bertz CT molecular complexity index is 490. The highest BCUT2D eigenvalue weighted by atomic mass is 16.1. The smallest absolute Gasteiger partial charge is 0.243 e. The van der Waals surface area contributed by atoms with Crippen molar-refractivity contribution in [3.8, 4) is 0 Å². The van der Waals surface area contributed by atoms with Gasteiger partial charge in [0.25, 0.3) is 0 Å². The minimum absolute atomic E-state index is 0.0211. The van der Waals surface area contributed by atoms with Crippen LogP contribution in [0, 0.1) is 6.92 Å². The second kappa shape index (κ2) is 6.70. The number of hydrogen-bond acceptors (Lipinski definition) is 3. The molecule has 1 aliphatic heterocycles. The number of likely N-dealkylation sites (N-methyl/N-ethyl adjacent to an activating group) is 1. The summed E-state index contributed by atoms with van der Waals surface area (Å²) in [6.07, 6.45) is 7.83. The van der Waals surface area contributed by atoms with E-state index in [2.05, 4.69) is 21.1 Å². The van der Waals surface area contributed by atoms with Crippen LogP contribution in [0.15, 0.2) is 18.3 Å². The zero-order chi connectivity index (χ0) is 14.5. The van der Waals surface area contributed by atoms with Crippen LogP contribution in [0.1, 0.15) is 30.3 Å². The molecule has 5 heteroatoms. The van der Waals surface area contributed by atoms with Crippen LogP contribution in [0.2, 0.25) is 0 Å². The monoisotopic (exact) mass is 276 g/mol. The molecule has 1 atom stereocenters. The van der Waals surface area contributed by atoms with Crippen LogP contribution in [0.5, 0.6) is 0 Å². The van der Waals surface area contributed by atoms with E-state index >= 15 is 0 Å². The molecule has 0 saturated heterocycles. The molecule has 20 heavy (non-hydrogen) atoms. The van der Waals surface area contributed by atoms with Crippen LogP contribution >= 0.6 is 0 Å². The highest BCUT2D eigenvalue weighted by Crippen LogP contribution is 2.25. The Hall–Kier alpha value is -1.62. The minimum atomic E-state index is -0.0211. The van der Waals surface area contributed by atoms with Crippen LogP contribution in [0.4, 0.5) is 0 Å². The molecule has 1 amide bonds. The van der Waals surface area contributed by atoms with E-state index in [0.717, 1.165) is 37.4 Å². The van der Waals surface area contributed by atoms with Crippen molar-refractivity contribution >= 4 is 5.91 Å². The Morgan fingerprint density at radius 3 is 3.15 bits per heavy atom. The molecule has 1 aromatic heterocycles. The van der Waals surface area contributed by atoms with Crippen molar-refractivity contribution in [3.63, 3.8) is 0 Å². The highest BCUT2D eigenvalue weighted by molar-refractivity contribution is 5.87. The van der Waals surface area contributed by atoms with Crippen molar-refractivity contribution in [2.24, 2.45) is 0 Å². The van der Waals surface area contributed by atoms with Gasteiger partial charge in [0.05, 0.1) is 5.69 Å². The van der Waals surface area contributed by atoms with Crippen molar-refractivity contribution < 1.29 is 4.79 Å². The summed E-state index contributed by atoms with van der Waals surface area (Å²) < 4.78 is 2.22. The maximum absolute atomic E-state index is 11.7. The van der Waals surface area contributed by atoms with Gasteiger partial charge in [-0.3, -0.25) is 4.79 Å². The fourth-order valence-electron chi connectivity index (χ4n) is 2.55. The SMILES string of the molecule is Cc1cn2c(n1)C(CNC(=O)/C=C/CN(C)C)CCC2. The summed E-state index contributed by atoms with van der Waals surface area (Å²) in [6.45, 7) is 4.51. The van der Waals surface area contributed by atoms with Gasteiger partial charge >= 0.3 is 0 Å². The van der Waals surface area contributed by atoms with Crippen molar-refractivity contribution in [2.45, 2.75) is 32.2 Å². The summed E-state index contributed by atoms with van der Waals surface area (Å²) in [7, 11) is 3.96. The molecular formula is C15H24N4O. The first-order valence-corrected chi connectivity index (χ1v) is 7.19. The van der Waals surface area contributed by atoms with Gasteiger partial charge in [-0.25, -0.2) is 4.98 Å². The summed E-state index contributed by atoms with van der Waals surface area (Å²) in [5, 5.41) is 2.98. The second-order valence-electron chi connectivity index (χ2n) is 5.68. The fourth-order valence-corrected chi connectivity index (χ4v) is 2.55. The van der Waals surface area contributed by atoms with E-state index < -0.39 is 0 Å². The molecule has 0 bridgehead atoms. The molecule has 0 aliphatic carbocycles. The fraction of sp³-hybridized carbons (Fsp3) is 0.600. The van der Waals surface area contributed by atoms with E-state index in [1.807, 2.05) is 32.0 Å². The highest BCUT2D eigenvalue weighted by Gasteiger charge is 2.22. The summed E-state index contributed by atoms with van der Waals surface area (Å²) in [5.41, 5.74) is 1.06. The van der Waals surface area contributed by atoms with E-state index in [4.69, 9.17) is 0 Å². The lowest BCUT2D eigenvalue weighted by Crippen LogP contribution is -2.30. The Morgan fingerprint density at radius 1 is 1.60 bits per heavy atom. The number of amides is 1. The van der Waals surface area contributed by atoms with Crippen LogP contribution < -0.4 is 5.32 Å². The van der Waals surface area contributed by atoms with Gasteiger partial charge in [-0.05, 0) is 33.9 Å². The van der Waals surface area contributed by atoms with Crippen molar-refractivity contribution in [3.05, 3.63) is 29.9 Å². The molecule has 0 fully saturated rings. The quantitative estimate of drug-likeness (QED) is 0.825. The number of fused-ring (bicyclic) bond motifs is 1. The topological polar surface area (TPSA) is 50.2 Å². The first-order chi connectivity index (χ1) is 9.56. The Labute approximate surface area is 120 Å². The first kappa shape index (κ1) is 14.8. The minimum Gasteiger partial charge on any atom is -0.352 e. The zero-order valence-corrected chi connectivity index (χ0v) is 12.6. The molecule has 0 radical (unpaired) electrons. The number of carbonyl (C=O) groups is 1. The lowest BCUT2D eigenvalue weighted by Gasteiger charge is -2.23. The molecule has 1 aromatic rings. The van der Waals surface area contributed by atoms with Gasteiger partial charge in [-0.1, -0.05) is 6.08 Å². The zero-order valence-electron chi connectivity index (χ0n) is 12.6. The van der Waals surface area contributed by atoms with E-state index in [0.29, 0.717) is 12.5 Å². The molecule has 2 rings (SSSR count). The van der Waals surface area contributed by atoms with E-state index in [9.17, 15) is 4.79 Å².